The van der Waals surface area contributed by atoms with E-state index in [-0.39, 0.29) is 11.3 Å². The van der Waals surface area contributed by atoms with Gasteiger partial charge < -0.3 is 10.2 Å². The van der Waals surface area contributed by atoms with Crippen LogP contribution in [0.5, 0.6) is 0 Å². The van der Waals surface area contributed by atoms with Crippen molar-refractivity contribution in [2.45, 2.75) is 0 Å². The van der Waals surface area contributed by atoms with Gasteiger partial charge in [0.2, 0.25) is 5.76 Å². The third kappa shape index (κ3) is 2.50. The topological polar surface area (TPSA) is 114 Å². The van der Waals surface area contributed by atoms with Crippen molar-refractivity contribution in [1.29, 1.82) is 0 Å². The van der Waals surface area contributed by atoms with Crippen LogP contribution < -0.4 is 0 Å². The summed E-state index contributed by atoms with van der Waals surface area (Å²) in [5.74, 6) is -2.54. The predicted octanol–water partition coefficient (Wildman–Crippen LogP) is 0.973. The van der Waals surface area contributed by atoms with Gasteiger partial charge in [-0.2, -0.15) is 0 Å². The lowest BCUT2D eigenvalue weighted by Crippen LogP contribution is -1.99. The summed E-state index contributed by atoms with van der Waals surface area (Å²) < 4.78 is 0. The summed E-state index contributed by atoms with van der Waals surface area (Å²) in [5, 5.41) is 27.8. The maximum Gasteiger partial charge on any atom is 0.370 e. The number of carboxylic acid groups (broad SMARTS) is 1. The van der Waals surface area contributed by atoms with Crippen molar-refractivity contribution in [1.82, 2.24) is 4.98 Å². The molecule has 0 bridgehead atoms. The van der Waals surface area contributed by atoms with Crippen molar-refractivity contribution >= 4 is 17.7 Å². The Kier molecular flexibility index (Phi) is 2.97. The number of aliphatic hydroxyl groups is 1. The van der Waals surface area contributed by atoms with E-state index in [2.05, 4.69) is 4.98 Å². The number of hydrogen-bond donors (Lipinski definition) is 2. The van der Waals surface area contributed by atoms with Crippen molar-refractivity contribution in [2.24, 2.45) is 0 Å². The number of rotatable bonds is 3. The molecule has 0 radical (unpaired) electrons. The van der Waals surface area contributed by atoms with Crippen LogP contribution in [0.1, 0.15) is 5.56 Å². The molecule has 2 N–H and O–H groups in total. The highest BCUT2D eigenvalue weighted by molar-refractivity contribution is 5.90. The fourth-order valence-electron chi connectivity index (χ4n) is 0.886. The maximum atomic E-state index is 10.5. The molecular weight excluding hydrogens is 204 g/mol. The SMILES string of the molecule is O=C(O)C(O)=Cc1cnccc1[N+](=O)[O-]. The minimum absolute atomic E-state index is 0.0672. The number of nitro groups is 1. The zero-order valence-corrected chi connectivity index (χ0v) is 7.32. The van der Waals surface area contributed by atoms with Gasteiger partial charge in [0.05, 0.1) is 10.5 Å². The Morgan fingerprint density at radius 2 is 2.20 bits per heavy atom. The summed E-state index contributed by atoms with van der Waals surface area (Å²) in [6.45, 7) is 0. The highest BCUT2D eigenvalue weighted by Gasteiger charge is 2.13. The Labute approximate surface area is 83.5 Å². The molecule has 0 spiro atoms. The van der Waals surface area contributed by atoms with Crippen molar-refractivity contribution < 1.29 is 19.9 Å². The maximum absolute atomic E-state index is 10.5. The molecule has 0 aliphatic rings. The number of carbonyl (C=O) groups is 1. The molecule has 0 aliphatic heterocycles. The van der Waals surface area contributed by atoms with Crippen LogP contribution in [0.15, 0.2) is 24.2 Å². The third-order valence-corrected chi connectivity index (χ3v) is 1.54. The van der Waals surface area contributed by atoms with Crippen LogP contribution >= 0.6 is 0 Å². The molecule has 0 atom stereocenters. The Hall–Kier alpha value is -2.44. The van der Waals surface area contributed by atoms with E-state index in [4.69, 9.17) is 10.2 Å². The van der Waals surface area contributed by atoms with Crippen LogP contribution in [0, 0.1) is 10.1 Å². The van der Waals surface area contributed by atoms with E-state index in [0.29, 0.717) is 0 Å². The smallest absolute Gasteiger partial charge is 0.370 e. The Bertz CT molecular complexity index is 440. The molecule has 0 fully saturated rings. The largest absolute Gasteiger partial charge is 0.502 e. The van der Waals surface area contributed by atoms with Gasteiger partial charge in [0.1, 0.15) is 0 Å². The second-order valence-corrected chi connectivity index (χ2v) is 2.53. The molecule has 0 aromatic carbocycles. The van der Waals surface area contributed by atoms with Crippen LogP contribution in [-0.4, -0.2) is 26.1 Å². The fraction of sp³-hybridized carbons (Fsp3) is 0. The average Bonchev–Trinajstić information content (AvgIpc) is 2.18. The normalized spacial score (nSPS) is 11.1. The third-order valence-electron chi connectivity index (χ3n) is 1.54. The van der Waals surface area contributed by atoms with Crippen LogP contribution in [0.3, 0.4) is 0 Å². The first-order valence-corrected chi connectivity index (χ1v) is 3.74. The van der Waals surface area contributed by atoms with Gasteiger partial charge in [-0.25, -0.2) is 4.79 Å². The highest BCUT2D eigenvalue weighted by Crippen LogP contribution is 2.18. The van der Waals surface area contributed by atoms with Gasteiger partial charge in [0, 0.05) is 24.5 Å². The van der Waals surface area contributed by atoms with Gasteiger partial charge in [-0.15, -0.1) is 0 Å². The average molecular weight is 210 g/mol. The van der Waals surface area contributed by atoms with E-state index >= 15 is 0 Å². The number of aromatic nitrogens is 1. The molecule has 0 unspecified atom stereocenters. The molecule has 15 heavy (non-hydrogen) atoms. The van der Waals surface area contributed by atoms with Gasteiger partial charge in [-0.3, -0.25) is 15.1 Å². The monoisotopic (exact) mass is 210 g/mol. The molecule has 7 nitrogen and oxygen atoms in total. The van der Waals surface area contributed by atoms with Crippen molar-refractivity contribution in [3.05, 3.63) is 39.9 Å². The summed E-state index contributed by atoms with van der Waals surface area (Å²) in [7, 11) is 0. The van der Waals surface area contributed by atoms with Gasteiger partial charge in [-0.05, 0) is 0 Å². The number of hydrogen-bond acceptors (Lipinski definition) is 5. The predicted molar refractivity (Wildman–Crippen MR) is 49.1 cm³/mol. The molecule has 1 heterocycles. The van der Waals surface area contributed by atoms with Crippen LogP contribution in [-0.2, 0) is 4.79 Å². The van der Waals surface area contributed by atoms with Crippen molar-refractivity contribution in [3.63, 3.8) is 0 Å². The Morgan fingerprint density at radius 1 is 1.53 bits per heavy atom. The second kappa shape index (κ2) is 4.18. The highest BCUT2D eigenvalue weighted by atomic mass is 16.6. The Morgan fingerprint density at radius 3 is 2.73 bits per heavy atom. The molecule has 1 aromatic heterocycles. The van der Waals surface area contributed by atoms with E-state index in [1.165, 1.54) is 6.20 Å². The first-order chi connectivity index (χ1) is 7.02. The van der Waals surface area contributed by atoms with Crippen molar-refractivity contribution in [2.75, 3.05) is 0 Å². The summed E-state index contributed by atoms with van der Waals surface area (Å²) in [6.07, 6.45) is 3.07. The summed E-state index contributed by atoms with van der Waals surface area (Å²) in [5.41, 5.74) is -0.389. The van der Waals surface area contributed by atoms with E-state index < -0.39 is 16.7 Å². The van der Waals surface area contributed by atoms with Gasteiger partial charge in [0.25, 0.3) is 5.69 Å². The Balaban J connectivity index is 3.20. The quantitative estimate of drug-likeness (QED) is 0.332. The molecule has 0 aliphatic carbocycles. The molecule has 0 saturated heterocycles. The number of carboxylic acids is 1. The van der Waals surface area contributed by atoms with E-state index in [9.17, 15) is 14.9 Å². The number of aliphatic hydroxyl groups excluding tert-OH is 1. The van der Waals surface area contributed by atoms with Gasteiger partial charge in [0.15, 0.2) is 0 Å². The van der Waals surface area contributed by atoms with Crippen LogP contribution in [0.4, 0.5) is 5.69 Å². The lowest BCUT2D eigenvalue weighted by Gasteiger charge is -1.96. The number of aliphatic carboxylic acids is 1. The molecule has 0 amide bonds. The number of pyridine rings is 1. The molecular formula is C8H6N2O5. The molecule has 0 saturated carbocycles. The lowest BCUT2D eigenvalue weighted by atomic mass is 10.2. The van der Waals surface area contributed by atoms with E-state index in [0.717, 1.165) is 18.3 Å². The molecule has 7 heteroatoms. The minimum Gasteiger partial charge on any atom is -0.502 e. The summed E-state index contributed by atoms with van der Waals surface area (Å²) in [6, 6.07) is 1.11. The molecule has 1 rings (SSSR count). The zero-order chi connectivity index (χ0) is 11.4. The fourth-order valence-corrected chi connectivity index (χ4v) is 0.886. The zero-order valence-electron chi connectivity index (χ0n) is 7.32. The minimum atomic E-state index is -1.56. The summed E-state index contributed by atoms with van der Waals surface area (Å²) >= 11 is 0. The van der Waals surface area contributed by atoms with E-state index in [1.807, 2.05) is 0 Å². The second-order valence-electron chi connectivity index (χ2n) is 2.53. The first-order valence-electron chi connectivity index (χ1n) is 3.74. The van der Waals surface area contributed by atoms with Crippen LogP contribution in [0.25, 0.3) is 6.08 Å². The van der Waals surface area contributed by atoms with E-state index in [1.54, 1.807) is 0 Å². The van der Waals surface area contributed by atoms with Gasteiger partial charge >= 0.3 is 5.97 Å². The van der Waals surface area contributed by atoms with Gasteiger partial charge in [-0.1, -0.05) is 0 Å². The van der Waals surface area contributed by atoms with Crippen molar-refractivity contribution in [3.8, 4) is 0 Å². The molecule has 78 valence electrons. The molecule has 1 aromatic rings. The number of nitrogens with zero attached hydrogens (tertiary/aromatic N) is 2. The lowest BCUT2D eigenvalue weighted by molar-refractivity contribution is -0.385. The standard InChI is InChI=1S/C8H6N2O5/c11-7(8(12)13)3-5-4-9-2-1-6(5)10(14)15/h1-4,11H,(H,12,13). The first kappa shape index (κ1) is 10.6. The van der Waals surface area contributed by atoms with Crippen LogP contribution in [0.2, 0.25) is 0 Å². The summed E-state index contributed by atoms with van der Waals surface area (Å²) in [4.78, 5) is 23.7.